The Morgan fingerprint density at radius 1 is 0.500 bits per heavy atom. The predicted molar refractivity (Wildman–Crippen MR) is 181 cm³/mol. The molecule has 0 unspecified atom stereocenters. The Morgan fingerprint density at radius 3 is 2.05 bits per heavy atom. The number of anilines is 3. The molecule has 198 valence electrons. The van der Waals surface area contributed by atoms with Gasteiger partial charge in [-0.25, -0.2) is 0 Å². The molecule has 0 aliphatic heterocycles. The van der Waals surface area contributed by atoms with Crippen molar-refractivity contribution in [3.8, 4) is 0 Å². The third kappa shape index (κ3) is 3.51. The summed E-state index contributed by atoms with van der Waals surface area (Å²) in [4.78, 5) is 2.39. The summed E-state index contributed by atoms with van der Waals surface area (Å²) in [6.45, 7) is 0. The first kappa shape index (κ1) is 23.8. The van der Waals surface area contributed by atoms with Gasteiger partial charge in [-0.1, -0.05) is 90.5 Å². The molecule has 0 amide bonds. The topological polar surface area (TPSA) is 16.4 Å². The van der Waals surface area contributed by atoms with Crippen LogP contribution in [0.1, 0.15) is 0 Å². The maximum Gasteiger partial charge on any atom is 0.135 e. The summed E-state index contributed by atoms with van der Waals surface area (Å²) in [6, 6.07) is 47.4. The van der Waals surface area contributed by atoms with Gasteiger partial charge in [0, 0.05) is 43.0 Å². The molecule has 0 saturated carbocycles. The quantitative estimate of drug-likeness (QED) is 0.195. The van der Waals surface area contributed by atoms with Crippen LogP contribution < -0.4 is 4.90 Å². The van der Waals surface area contributed by atoms with Crippen LogP contribution >= 0.6 is 22.9 Å². The first-order valence-electron chi connectivity index (χ1n) is 14.0. The fraction of sp³-hybridized carbons (Fsp3) is 0. The summed E-state index contributed by atoms with van der Waals surface area (Å²) in [7, 11) is 0. The second kappa shape index (κ2) is 9.09. The van der Waals surface area contributed by atoms with Gasteiger partial charge in [0.2, 0.25) is 0 Å². The van der Waals surface area contributed by atoms with Crippen LogP contribution in [0.25, 0.3) is 63.7 Å². The van der Waals surface area contributed by atoms with Crippen LogP contribution in [-0.4, -0.2) is 0 Å². The van der Waals surface area contributed by atoms with Crippen molar-refractivity contribution in [1.82, 2.24) is 0 Å². The SMILES string of the molecule is Clc1cccc2c1sc1ccc(N(c3ccc4oc5ccccc5c4c3)c3cc4ccccc4c4ccccc34)cc12. The molecule has 7 aromatic carbocycles. The normalized spacial score (nSPS) is 11.9. The largest absolute Gasteiger partial charge is 0.456 e. The minimum absolute atomic E-state index is 0.796. The number of furan rings is 1. The number of thiophene rings is 1. The highest BCUT2D eigenvalue weighted by Gasteiger charge is 2.20. The lowest BCUT2D eigenvalue weighted by Crippen LogP contribution is -2.10. The zero-order chi connectivity index (χ0) is 27.8. The molecule has 0 aliphatic carbocycles. The molecule has 2 aromatic heterocycles. The number of hydrogen-bond acceptors (Lipinski definition) is 3. The lowest BCUT2D eigenvalue weighted by molar-refractivity contribution is 0.669. The molecule has 2 heterocycles. The summed E-state index contributed by atoms with van der Waals surface area (Å²) < 4.78 is 8.55. The molecular formula is C38H22ClNOS. The maximum atomic E-state index is 6.63. The first-order chi connectivity index (χ1) is 20.7. The van der Waals surface area contributed by atoms with Gasteiger partial charge in [-0.05, 0) is 70.8 Å². The minimum atomic E-state index is 0.796. The van der Waals surface area contributed by atoms with Gasteiger partial charge < -0.3 is 9.32 Å². The van der Waals surface area contributed by atoms with E-state index in [2.05, 4.69) is 114 Å². The van der Waals surface area contributed by atoms with Gasteiger partial charge in [0.25, 0.3) is 0 Å². The Kier molecular flexibility index (Phi) is 5.16. The molecule has 9 aromatic rings. The molecule has 0 atom stereocenters. The lowest BCUT2D eigenvalue weighted by atomic mass is 9.98. The van der Waals surface area contributed by atoms with Crippen LogP contribution in [0, 0.1) is 0 Å². The van der Waals surface area contributed by atoms with Crippen molar-refractivity contribution in [2.75, 3.05) is 4.90 Å². The van der Waals surface area contributed by atoms with E-state index in [0.29, 0.717) is 0 Å². The number of nitrogens with zero attached hydrogens (tertiary/aromatic N) is 1. The van der Waals surface area contributed by atoms with E-state index in [-0.39, 0.29) is 0 Å². The van der Waals surface area contributed by atoms with E-state index in [1.165, 1.54) is 37.0 Å². The minimum Gasteiger partial charge on any atom is -0.456 e. The van der Waals surface area contributed by atoms with Gasteiger partial charge in [-0.3, -0.25) is 0 Å². The van der Waals surface area contributed by atoms with E-state index in [1.807, 2.05) is 24.3 Å². The second-order valence-corrected chi connectivity index (χ2v) is 12.1. The standard InChI is InChI=1S/C38H22ClNOS/c39-33-14-7-13-30-32-22-25(17-19-37(32)42-38(30)33)40(24-16-18-36-31(21-24)29-12-5-6-15-35(29)41-36)34-20-23-8-1-2-9-26(23)27-10-3-4-11-28(27)34/h1-22H. The monoisotopic (exact) mass is 575 g/mol. The van der Waals surface area contributed by atoms with Gasteiger partial charge in [-0.2, -0.15) is 0 Å². The third-order valence-corrected chi connectivity index (χ3v) is 9.94. The number of fused-ring (bicyclic) bond motifs is 9. The van der Waals surface area contributed by atoms with Crippen LogP contribution in [-0.2, 0) is 0 Å². The van der Waals surface area contributed by atoms with E-state index in [4.69, 9.17) is 16.0 Å². The number of benzene rings is 7. The molecule has 0 bridgehead atoms. The fourth-order valence-electron chi connectivity index (χ4n) is 6.39. The molecule has 0 spiro atoms. The summed E-state index contributed by atoms with van der Waals surface area (Å²) >= 11 is 8.37. The van der Waals surface area contributed by atoms with Crippen molar-refractivity contribution >= 4 is 104 Å². The van der Waals surface area contributed by atoms with Crippen molar-refractivity contribution in [3.63, 3.8) is 0 Å². The molecular weight excluding hydrogens is 554 g/mol. The van der Waals surface area contributed by atoms with Crippen molar-refractivity contribution < 1.29 is 4.42 Å². The van der Waals surface area contributed by atoms with E-state index in [0.717, 1.165) is 48.7 Å². The molecule has 2 nitrogen and oxygen atoms in total. The molecule has 42 heavy (non-hydrogen) atoms. The summed E-state index contributed by atoms with van der Waals surface area (Å²) in [6.07, 6.45) is 0. The highest BCUT2D eigenvalue weighted by atomic mass is 35.5. The molecule has 0 saturated heterocycles. The van der Waals surface area contributed by atoms with Crippen LogP contribution in [0.4, 0.5) is 17.1 Å². The lowest BCUT2D eigenvalue weighted by Gasteiger charge is -2.28. The molecule has 4 heteroatoms. The van der Waals surface area contributed by atoms with E-state index < -0.39 is 0 Å². The Labute approximate surface area is 250 Å². The maximum absolute atomic E-state index is 6.63. The highest BCUT2D eigenvalue weighted by molar-refractivity contribution is 7.26. The van der Waals surface area contributed by atoms with Gasteiger partial charge >= 0.3 is 0 Å². The van der Waals surface area contributed by atoms with Crippen LogP contribution in [0.15, 0.2) is 138 Å². The van der Waals surface area contributed by atoms with Crippen molar-refractivity contribution in [1.29, 1.82) is 0 Å². The average Bonchev–Trinajstić information content (AvgIpc) is 3.60. The number of halogens is 1. The van der Waals surface area contributed by atoms with Crippen LogP contribution in [0.3, 0.4) is 0 Å². The van der Waals surface area contributed by atoms with Gasteiger partial charge in [-0.15, -0.1) is 11.3 Å². The third-order valence-electron chi connectivity index (χ3n) is 8.30. The van der Waals surface area contributed by atoms with Crippen molar-refractivity contribution in [2.45, 2.75) is 0 Å². The van der Waals surface area contributed by atoms with Crippen LogP contribution in [0.2, 0.25) is 5.02 Å². The Hall–Kier alpha value is -4.83. The average molecular weight is 576 g/mol. The molecule has 9 rings (SSSR count). The Balaban J connectivity index is 1.38. The Morgan fingerprint density at radius 2 is 1.17 bits per heavy atom. The van der Waals surface area contributed by atoms with Gasteiger partial charge in [0.15, 0.2) is 0 Å². The summed E-state index contributed by atoms with van der Waals surface area (Å²) in [5, 5.41) is 10.3. The molecule has 0 radical (unpaired) electrons. The number of hydrogen-bond donors (Lipinski definition) is 0. The van der Waals surface area contributed by atoms with E-state index in [1.54, 1.807) is 11.3 Å². The van der Waals surface area contributed by atoms with E-state index in [9.17, 15) is 0 Å². The summed E-state index contributed by atoms with van der Waals surface area (Å²) in [5.74, 6) is 0. The van der Waals surface area contributed by atoms with E-state index >= 15 is 0 Å². The van der Waals surface area contributed by atoms with Crippen molar-refractivity contribution in [2.24, 2.45) is 0 Å². The molecule has 0 N–H and O–H groups in total. The molecule has 0 fully saturated rings. The Bertz CT molecular complexity index is 2510. The fourth-order valence-corrected chi connectivity index (χ4v) is 7.77. The number of para-hydroxylation sites is 1. The van der Waals surface area contributed by atoms with Gasteiger partial charge in [0.05, 0.1) is 15.4 Å². The second-order valence-electron chi connectivity index (χ2n) is 10.7. The number of rotatable bonds is 3. The smallest absolute Gasteiger partial charge is 0.135 e. The first-order valence-corrected chi connectivity index (χ1v) is 15.2. The zero-order valence-corrected chi connectivity index (χ0v) is 23.9. The van der Waals surface area contributed by atoms with Crippen LogP contribution in [0.5, 0.6) is 0 Å². The van der Waals surface area contributed by atoms with Crippen molar-refractivity contribution in [3.05, 3.63) is 138 Å². The summed E-state index contributed by atoms with van der Waals surface area (Å²) in [5.41, 5.74) is 5.09. The highest BCUT2D eigenvalue weighted by Crippen LogP contribution is 2.46. The van der Waals surface area contributed by atoms with Gasteiger partial charge in [0.1, 0.15) is 11.2 Å². The zero-order valence-electron chi connectivity index (χ0n) is 22.3. The predicted octanol–water partition coefficient (Wildman–Crippen LogP) is 12.4. The molecule has 0 aliphatic rings.